The van der Waals surface area contributed by atoms with Crippen LogP contribution < -0.4 is 14.8 Å². The minimum absolute atomic E-state index is 0.604. The Kier molecular flexibility index (Phi) is 5.99. The van der Waals surface area contributed by atoms with Crippen molar-refractivity contribution >= 4 is 11.6 Å². The molecule has 0 bridgehead atoms. The predicted molar refractivity (Wildman–Crippen MR) is 82.9 cm³/mol. The van der Waals surface area contributed by atoms with Crippen molar-refractivity contribution in [2.75, 3.05) is 13.7 Å². The number of benzene rings is 1. The molecular weight excluding hydrogens is 274 g/mol. The highest BCUT2D eigenvalue weighted by Crippen LogP contribution is 2.33. The Balaban J connectivity index is 2.03. The first-order chi connectivity index (χ1) is 9.74. The Hall–Kier alpha value is -0.930. The molecule has 1 aromatic rings. The zero-order chi connectivity index (χ0) is 14.4. The number of methoxy groups -OCH3 is 1. The molecule has 0 aliphatic heterocycles. The Labute approximate surface area is 126 Å². The first-order valence-corrected chi connectivity index (χ1v) is 7.85. The predicted octanol–water partition coefficient (Wildman–Crippen LogP) is 4.17. The molecule has 0 aromatic heterocycles. The highest BCUT2D eigenvalue weighted by atomic mass is 35.5. The van der Waals surface area contributed by atoms with Gasteiger partial charge in [0.05, 0.1) is 13.7 Å². The van der Waals surface area contributed by atoms with E-state index < -0.39 is 0 Å². The molecule has 0 saturated heterocycles. The Morgan fingerprint density at radius 2 is 1.95 bits per heavy atom. The fourth-order valence-corrected chi connectivity index (χ4v) is 2.92. The van der Waals surface area contributed by atoms with Gasteiger partial charge in [-0.1, -0.05) is 30.9 Å². The highest BCUT2D eigenvalue weighted by Gasteiger charge is 2.15. The van der Waals surface area contributed by atoms with Crippen molar-refractivity contribution in [3.05, 3.63) is 22.7 Å². The molecule has 1 saturated carbocycles. The summed E-state index contributed by atoms with van der Waals surface area (Å²) in [5.74, 6) is 1.46. The van der Waals surface area contributed by atoms with Crippen LogP contribution in [0.25, 0.3) is 0 Å². The second-order valence-electron chi connectivity index (χ2n) is 5.24. The summed E-state index contributed by atoms with van der Waals surface area (Å²) in [6.45, 7) is 3.34. The molecule has 0 amide bonds. The lowest BCUT2D eigenvalue weighted by Crippen LogP contribution is -2.30. The maximum atomic E-state index is 6.34. The number of ether oxygens (including phenoxy) is 2. The van der Waals surface area contributed by atoms with E-state index in [-0.39, 0.29) is 0 Å². The average Bonchev–Trinajstić information content (AvgIpc) is 2.48. The van der Waals surface area contributed by atoms with Crippen molar-refractivity contribution in [1.82, 2.24) is 5.32 Å². The molecule has 0 heterocycles. The number of rotatable bonds is 6. The molecule has 0 unspecified atom stereocenters. The van der Waals surface area contributed by atoms with Crippen LogP contribution in [0.2, 0.25) is 5.02 Å². The van der Waals surface area contributed by atoms with Crippen molar-refractivity contribution in [2.24, 2.45) is 0 Å². The molecule has 1 N–H and O–H groups in total. The van der Waals surface area contributed by atoms with Crippen molar-refractivity contribution in [2.45, 2.75) is 51.6 Å². The largest absolute Gasteiger partial charge is 0.493 e. The first kappa shape index (κ1) is 15.5. The van der Waals surface area contributed by atoms with Gasteiger partial charge in [0.2, 0.25) is 0 Å². The first-order valence-electron chi connectivity index (χ1n) is 7.47. The van der Waals surface area contributed by atoms with Gasteiger partial charge < -0.3 is 14.8 Å². The van der Waals surface area contributed by atoms with Crippen molar-refractivity contribution in [3.63, 3.8) is 0 Å². The zero-order valence-electron chi connectivity index (χ0n) is 12.4. The van der Waals surface area contributed by atoms with Crippen LogP contribution in [0.5, 0.6) is 11.5 Å². The molecule has 0 radical (unpaired) electrons. The van der Waals surface area contributed by atoms with E-state index in [1.54, 1.807) is 7.11 Å². The van der Waals surface area contributed by atoms with E-state index in [1.165, 1.54) is 32.1 Å². The van der Waals surface area contributed by atoms with Gasteiger partial charge in [-0.3, -0.25) is 0 Å². The topological polar surface area (TPSA) is 30.5 Å². The summed E-state index contributed by atoms with van der Waals surface area (Å²) >= 11 is 6.34. The molecular formula is C16H24ClNO2. The highest BCUT2D eigenvalue weighted by molar-refractivity contribution is 6.31. The molecule has 1 aliphatic carbocycles. The number of nitrogens with one attached hydrogen (secondary N) is 1. The van der Waals surface area contributed by atoms with Gasteiger partial charge in [-0.2, -0.15) is 0 Å². The molecule has 0 spiro atoms. The van der Waals surface area contributed by atoms with Gasteiger partial charge >= 0.3 is 0 Å². The smallest absolute Gasteiger partial charge is 0.162 e. The molecule has 0 atom stereocenters. The van der Waals surface area contributed by atoms with Crippen LogP contribution in [-0.2, 0) is 6.54 Å². The number of hydrogen-bond acceptors (Lipinski definition) is 3. The van der Waals surface area contributed by atoms with Crippen LogP contribution in [0.15, 0.2) is 12.1 Å². The van der Waals surface area contributed by atoms with Crippen molar-refractivity contribution < 1.29 is 9.47 Å². The SMILES string of the molecule is CCOc1cc(Cl)c(CNC2CCCCC2)cc1OC. The Bertz CT molecular complexity index is 431. The third-order valence-corrected chi connectivity index (χ3v) is 4.17. The molecule has 112 valence electrons. The summed E-state index contributed by atoms with van der Waals surface area (Å²) in [5.41, 5.74) is 1.07. The summed E-state index contributed by atoms with van der Waals surface area (Å²) in [7, 11) is 1.66. The molecule has 1 fully saturated rings. The van der Waals surface area contributed by atoms with E-state index in [0.29, 0.717) is 18.4 Å². The Morgan fingerprint density at radius 3 is 2.60 bits per heavy atom. The summed E-state index contributed by atoms with van der Waals surface area (Å²) < 4.78 is 10.9. The molecule has 2 rings (SSSR count). The van der Waals surface area contributed by atoms with Crippen LogP contribution in [-0.4, -0.2) is 19.8 Å². The lowest BCUT2D eigenvalue weighted by atomic mass is 9.95. The van der Waals surface area contributed by atoms with Crippen LogP contribution in [0.1, 0.15) is 44.6 Å². The summed E-state index contributed by atoms with van der Waals surface area (Å²) in [5, 5.41) is 4.33. The average molecular weight is 298 g/mol. The molecule has 4 heteroatoms. The van der Waals surface area contributed by atoms with Crippen LogP contribution in [0.4, 0.5) is 0 Å². The summed E-state index contributed by atoms with van der Waals surface area (Å²) in [6.07, 6.45) is 6.57. The van der Waals surface area contributed by atoms with Gasteiger partial charge in [0.25, 0.3) is 0 Å². The van der Waals surface area contributed by atoms with Gasteiger partial charge in [0.1, 0.15) is 0 Å². The van der Waals surface area contributed by atoms with E-state index >= 15 is 0 Å². The monoisotopic (exact) mass is 297 g/mol. The standard InChI is InChI=1S/C16H24ClNO2/c1-3-20-16-10-14(17)12(9-15(16)19-2)11-18-13-7-5-4-6-8-13/h9-10,13,18H,3-8,11H2,1-2H3. The van der Waals surface area contributed by atoms with Crippen molar-refractivity contribution in [1.29, 1.82) is 0 Å². The van der Waals surface area contributed by atoms with Crippen molar-refractivity contribution in [3.8, 4) is 11.5 Å². The van der Waals surface area contributed by atoms with E-state index in [9.17, 15) is 0 Å². The number of halogens is 1. The van der Waals surface area contributed by atoms with E-state index in [0.717, 1.165) is 22.9 Å². The maximum absolute atomic E-state index is 6.34. The summed E-state index contributed by atoms with van der Waals surface area (Å²) in [4.78, 5) is 0. The number of hydrogen-bond donors (Lipinski definition) is 1. The molecule has 20 heavy (non-hydrogen) atoms. The van der Waals surface area contributed by atoms with Gasteiger partial charge in [-0.15, -0.1) is 0 Å². The fraction of sp³-hybridized carbons (Fsp3) is 0.625. The minimum atomic E-state index is 0.604. The lowest BCUT2D eigenvalue weighted by molar-refractivity contribution is 0.310. The quantitative estimate of drug-likeness (QED) is 0.855. The third kappa shape index (κ3) is 4.03. The third-order valence-electron chi connectivity index (χ3n) is 3.82. The molecule has 3 nitrogen and oxygen atoms in total. The van der Waals surface area contributed by atoms with Gasteiger partial charge in [-0.05, 0) is 31.4 Å². The fourth-order valence-electron chi connectivity index (χ4n) is 2.70. The normalized spacial score (nSPS) is 16.1. The van der Waals surface area contributed by atoms with Crippen LogP contribution in [0.3, 0.4) is 0 Å². The summed E-state index contributed by atoms with van der Waals surface area (Å²) in [6, 6.07) is 4.45. The molecule has 1 aliphatic rings. The van der Waals surface area contributed by atoms with Crippen LogP contribution in [0, 0.1) is 0 Å². The van der Waals surface area contributed by atoms with E-state index in [1.807, 2.05) is 19.1 Å². The second-order valence-corrected chi connectivity index (χ2v) is 5.65. The lowest BCUT2D eigenvalue weighted by Gasteiger charge is -2.23. The minimum Gasteiger partial charge on any atom is -0.493 e. The van der Waals surface area contributed by atoms with Gasteiger partial charge in [-0.25, -0.2) is 0 Å². The zero-order valence-corrected chi connectivity index (χ0v) is 13.1. The maximum Gasteiger partial charge on any atom is 0.162 e. The van der Waals surface area contributed by atoms with E-state index in [4.69, 9.17) is 21.1 Å². The second kappa shape index (κ2) is 7.75. The van der Waals surface area contributed by atoms with Gasteiger partial charge in [0.15, 0.2) is 11.5 Å². The van der Waals surface area contributed by atoms with Crippen LogP contribution >= 0.6 is 11.6 Å². The van der Waals surface area contributed by atoms with Gasteiger partial charge in [0, 0.05) is 23.7 Å². The molecule has 1 aromatic carbocycles. The van der Waals surface area contributed by atoms with E-state index in [2.05, 4.69) is 5.32 Å². The Morgan fingerprint density at radius 1 is 1.20 bits per heavy atom.